The number of amides is 3. The summed E-state index contributed by atoms with van der Waals surface area (Å²) >= 11 is 5.39. The number of urea groups is 1. The number of carbonyl (C=O) groups is 2. The minimum absolute atomic E-state index is 0.178. The first-order valence-corrected chi connectivity index (χ1v) is 6.89. The number of hydrogen-bond donors (Lipinski definition) is 2. The largest absolute Gasteiger partial charge is 0.338 e. The Morgan fingerprint density at radius 1 is 1.24 bits per heavy atom. The van der Waals surface area contributed by atoms with Crippen molar-refractivity contribution in [2.24, 2.45) is 5.92 Å². The highest BCUT2D eigenvalue weighted by atomic mass is 35.5. The molecule has 0 aromatic carbocycles. The summed E-state index contributed by atoms with van der Waals surface area (Å²) in [6.45, 7) is 0.635. The van der Waals surface area contributed by atoms with Crippen molar-refractivity contribution in [3.63, 3.8) is 0 Å². The van der Waals surface area contributed by atoms with Crippen molar-refractivity contribution in [2.75, 3.05) is 12.4 Å². The van der Waals surface area contributed by atoms with Gasteiger partial charge < -0.3 is 5.32 Å². The number of carbonyl (C=O) groups excluding carboxylic acids is 2. The zero-order valence-corrected chi connectivity index (χ0v) is 10.9. The molecule has 0 spiro atoms. The SMILES string of the molecule is O=C(CCCl)NC(=O)NCCCC1CCCC1. The molecule has 1 rings (SSSR count). The van der Waals surface area contributed by atoms with Gasteiger partial charge in [-0.3, -0.25) is 10.1 Å². The Morgan fingerprint density at radius 3 is 2.59 bits per heavy atom. The van der Waals surface area contributed by atoms with Crippen LogP contribution in [-0.4, -0.2) is 24.4 Å². The van der Waals surface area contributed by atoms with Crippen molar-refractivity contribution < 1.29 is 9.59 Å². The fourth-order valence-corrected chi connectivity index (χ4v) is 2.38. The highest BCUT2D eigenvalue weighted by Gasteiger charge is 2.14. The van der Waals surface area contributed by atoms with E-state index in [-0.39, 0.29) is 18.2 Å². The first-order valence-electron chi connectivity index (χ1n) is 6.36. The van der Waals surface area contributed by atoms with E-state index in [4.69, 9.17) is 11.6 Å². The summed E-state index contributed by atoms with van der Waals surface area (Å²) in [7, 11) is 0. The van der Waals surface area contributed by atoms with E-state index in [1.807, 2.05) is 0 Å². The average Bonchev–Trinajstić information content (AvgIpc) is 2.77. The molecule has 17 heavy (non-hydrogen) atoms. The normalized spacial score (nSPS) is 15.8. The van der Waals surface area contributed by atoms with Gasteiger partial charge in [-0.2, -0.15) is 0 Å². The van der Waals surface area contributed by atoms with Gasteiger partial charge in [0.1, 0.15) is 0 Å². The standard InChI is InChI=1S/C12H21ClN2O2/c13-8-7-11(16)15-12(17)14-9-3-6-10-4-1-2-5-10/h10H,1-9H2,(H2,14,15,16,17). The summed E-state index contributed by atoms with van der Waals surface area (Å²) in [6, 6.07) is -0.411. The minimum Gasteiger partial charge on any atom is -0.338 e. The second-order valence-electron chi connectivity index (χ2n) is 4.54. The van der Waals surface area contributed by atoms with Crippen LogP contribution < -0.4 is 10.6 Å². The fraction of sp³-hybridized carbons (Fsp3) is 0.833. The molecule has 98 valence electrons. The van der Waals surface area contributed by atoms with Crippen molar-refractivity contribution >= 4 is 23.5 Å². The molecule has 4 nitrogen and oxygen atoms in total. The van der Waals surface area contributed by atoms with Gasteiger partial charge >= 0.3 is 6.03 Å². The molecule has 5 heteroatoms. The van der Waals surface area contributed by atoms with Gasteiger partial charge in [0.2, 0.25) is 5.91 Å². The molecular formula is C12H21ClN2O2. The molecule has 1 aliphatic carbocycles. The maximum Gasteiger partial charge on any atom is 0.321 e. The highest BCUT2D eigenvalue weighted by Crippen LogP contribution is 2.28. The lowest BCUT2D eigenvalue weighted by Gasteiger charge is -2.09. The van der Waals surface area contributed by atoms with Crippen LogP contribution in [0.3, 0.4) is 0 Å². The zero-order chi connectivity index (χ0) is 12.5. The number of nitrogens with one attached hydrogen (secondary N) is 2. The third-order valence-corrected chi connectivity index (χ3v) is 3.31. The van der Waals surface area contributed by atoms with Crippen LogP contribution in [0.1, 0.15) is 44.9 Å². The number of rotatable bonds is 6. The van der Waals surface area contributed by atoms with E-state index in [0.29, 0.717) is 6.54 Å². The Kier molecular flexibility index (Phi) is 7.01. The number of halogens is 1. The van der Waals surface area contributed by atoms with Crippen LogP contribution in [0.15, 0.2) is 0 Å². The molecule has 0 unspecified atom stereocenters. The second kappa shape index (κ2) is 8.34. The smallest absolute Gasteiger partial charge is 0.321 e. The lowest BCUT2D eigenvalue weighted by atomic mass is 10.0. The number of hydrogen-bond acceptors (Lipinski definition) is 2. The van der Waals surface area contributed by atoms with Gasteiger partial charge in [-0.25, -0.2) is 4.79 Å². The molecule has 2 N–H and O–H groups in total. The van der Waals surface area contributed by atoms with Crippen molar-refractivity contribution in [2.45, 2.75) is 44.9 Å². The molecule has 0 aromatic rings. The van der Waals surface area contributed by atoms with E-state index in [9.17, 15) is 9.59 Å². The van der Waals surface area contributed by atoms with E-state index in [2.05, 4.69) is 10.6 Å². The molecule has 0 aliphatic heterocycles. The number of imide groups is 1. The lowest BCUT2D eigenvalue weighted by molar-refractivity contribution is -0.119. The van der Waals surface area contributed by atoms with Crippen molar-refractivity contribution in [1.82, 2.24) is 10.6 Å². The molecule has 0 aromatic heterocycles. The van der Waals surface area contributed by atoms with Crippen molar-refractivity contribution in [3.8, 4) is 0 Å². The zero-order valence-electron chi connectivity index (χ0n) is 10.1. The van der Waals surface area contributed by atoms with Crippen LogP contribution >= 0.6 is 11.6 Å². The molecule has 0 radical (unpaired) electrons. The van der Waals surface area contributed by atoms with Crippen LogP contribution in [0.4, 0.5) is 4.79 Å². The minimum atomic E-state index is -0.411. The maximum atomic E-state index is 11.2. The van der Waals surface area contributed by atoms with Gasteiger partial charge in [0.15, 0.2) is 0 Å². The van der Waals surface area contributed by atoms with E-state index in [0.717, 1.165) is 12.3 Å². The molecule has 0 bridgehead atoms. The predicted octanol–water partition coefficient (Wildman–Crippen LogP) is 2.41. The van der Waals surface area contributed by atoms with E-state index >= 15 is 0 Å². The topological polar surface area (TPSA) is 58.2 Å². The monoisotopic (exact) mass is 260 g/mol. The summed E-state index contributed by atoms with van der Waals surface area (Å²) in [5, 5.41) is 4.92. The highest BCUT2D eigenvalue weighted by molar-refractivity contribution is 6.19. The number of alkyl halides is 1. The lowest BCUT2D eigenvalue weighted by Crippen LogP contribution is -2.39. The Balaban J connectivity index is 1.97. The Morgan fingerprint density at radius 2 is 1.94 bits per heavy atom. The molecule has 1 aliphatic rings. The third kappa shape index (κ3) is 6.51. The maximum absolute atomic E-state index is 11.2. The molecule has 0 atom stereocenters. The third-order valence-electron chi connectivity index (χ3n) is 3.12. The van der Waals surface area contributed by atoms with Gasteiger partial charge in [-0.05, 0) is 18.8 Å². The molecule has 3 amide bonds. The fourth-order valence-electron chi connectivity index (χ4n) is 2.21. The Bertz CT molecular complexity index is 253. The van der Waals surface area contributed by atoms with Crippen LogP contribution in [-0.2, 0) is 4.79 Å². The Hall–Kier alpha value is -0.770. The van der Waals surface area contributed by atoms with Crippen LogP contribution in [0.25, 0.3) is 0 Å². The molecule has 1 fully saturated rings. The van der Waals surface area contributed by atoms with Gasteiger partial charge in [0, 0.05) is 18.8 Å². The summed E-state index contributed by atoms with van der Waals surface area (Å²) in [5.41, 5.74) is 0. The summed E-state index contributed by atoms with van der Waals surface area (Å²) in [4.78, 5) is 22.3. The van der Waals surface area contributed by atoms with Gasteiger partial charge in [0.05, 0.1) is 0 Å². The van der Waals surface area contributed by atoms with Crippen LogP contribution in [0, 0.1) is 5.92 Å². The Labute approximate surface area is 107 Å². The molecule has 0 heterocycles. The van der Waals surface area contributed by atoms with E-state index in [1.165, 1.54) is 32.1 Å². The quantitative estimate of drug-likeness (QED) is 0.569. The molecular weight excluding hydrogens is 240 g/mol. The first-order chi connectivity index (χ1) is 8.22. The van der Waals surface area contributed by atoms with E-state index in [1.54, 1.807) is 0 Å². The summed E-state index contributed by atoms with van der Waals surface area (Å²) < 4.78 is 0. The van der Waals surface area contributed by atoms with Crippen LogP contribution in [0.5, 0.6) is 0 Å². The second-order valence-corrected chi connectivity index (χ2v) is 4.91. The predicted molar refractivity (Wildman–Crippen MR) is 68.1 cm³/mol. The molecule has 1 saturated carbocycles. The van der Waals surface area contributed by atoms with Crippen molar-refractivity contribution in [1.29, 1.82) is 0 Å². The first kappa shape index (κ1) is 14.3. The summed E-state index contributed by atoms with van der Waals surface area (Å²) in [5.74, 6) is 0.756. The van der Waals surface area contributed by atoms with Gasteiger partial charge in [0.25, 0.3) is 0 Å². The van der Waals surface area contributed by atoms with Crippen LogP contribution in [0.2, 0.25) is 0 Å². The van der Waals surface area contributed by atoms with Crippen molar-refractivity contribution in [3.05, 3.63) is 0 Å². The average molecular weight is 261 g/mol. The van der Waals surface area contributed by atoms with Gasteiger partial charge in [-0.15, -0.1) is 11.6 Å². The molecule has 0 saturated heterocycles. The summed E-state index contributed by atoms with van der Waals surface area (Å²) in [6.07, 6.45) is 7.71. The van der Waals surface area contributed by atoms with Gasteiger partial charge in [-0.1, -0.05) is 25.7 Å². The van der Waals surface area contributed by atoms with E-state index < -0.39 is 6.03 Å².